The lowest BCUT2D eigenvalue weighted by Crippen LogP contribution is -2.43. The average Bonchev–Trinajstić information content (AvgIpc) is 2.75. The van der Waals surface area contributed by atoms with Gasteiger partial charge in [0.05, 0.1) is 6.61 Å². The maximum Gasteiger partial charge on any atom is 0.435 e. The fourth-order valence-electron chi connectivity index (χ4n) is 1.61. The van der Waals surface area contributed by atoms with Gasteiger partial charge in [-0.3, -0.25) is 0 Å². The van der Waals surface area contributed by atoms with E-state index in [9.17, 15) is 0 Å². The second kappa shape index (κ2) is 7.69. The van der Waals surface area contributed by atoms with E-state index in [1.807, 2.05) is 12.2 Å². The Morgan fingerprint density at radius 3 is 2.06 bits per heavy atom. The van der Waals surface area contributed by atoms with Crippen LogP contribution < -0.4 is 0 Å². The molecular formula is C13H24O3Si. The van der Waals surface area contributed by atoms with Crippen molar-refractivity contribution in [2.24, 2.45) is 0 Å². The Bertz CT molecular complexity index is 266. The van der Waals surface area contributed by atoms with Crippen LogP contribution in [-0.4, -0.2) is 28.4 Å². The van der Waals surface area contributed by atoms with E-state index in [1.165, 1.54) is 0 Å². The van der Waals surface area contributed by atoms with Crippen molar-refractivity contribution >= 4 is 8.56 Å². The van der Waals surface area contributed by atoms with Crippen LogP contribution in [0, 0.1) is 0 Å². The zero-order chi connectivity index (χ0) is 12.6. The molecule has 1 heterocycles. The van der Waals surface area contributed by atoms with Crippen molar-refractivity contribution < 1.29 is 13.6 Å². The van der Waals surface area contributed by atoms with Gasteiger partial charge in [-0.15, -0.1) is 0 Å². The highest BCUT2D eigenvalue weighted by Crippen LogP contribution is 2.26. The molecule has 1 aliphatic heterocycles. The molecule has 0 atom stereocenters. The zero-order valence-electron chi connectivity index (χ0n) is 11.2. The monoisotopic (exact) mass is 256 g/mol. The van der Waals surface area contributed by atoms with Crippen molar-refractivity contribution in [3.8, 4) is 0 Å². The van der Waals surface area contributed by atoms with Gasteiger partial charge in [-0.05, 0) is 31.0 Å². The Balaban J connectivity index is 2.66. The Morgan fingerprint density at radius 2 is 1.53 bits per heavy atom. The molecule has 3 nitrogen and oxygen atoms in total. The highest BCUT2D eigenvalue weighted by Gasteiger charge is 2.44. The molecule has 0 aromatic heterocycles. The predicted octanol–water partition coefficient (Wildman–Crippen LogP) is 3.24. The van der Waals surface area contributed by atoms with E-state index in [-0.39, 0.29) is 0 Å². The second-order valence-electron chi connectivity index (χ2n) is 4.10. The quantitative estimate of drug-likeness (QED) is 0.593. The number of hydrogen-bond acceptors (Lipinski definition) is 3. The molecule has 0 radical (unpaired) electrons. The molecule has 0 fully saturated rings. The predicted molar refractivity (Wildman–Crippen MR) is 71.7 cm³/mol. The summed E-state index contributed by atoms with van der Waals surface area (Å²) in [5.41, 5.74) is 2.07. The van der Waals surface area contributed by atoms with Crippen molar-refractivity contribution in [3.63, 3.8) is 0 Å². The van der Waals surface area contributed by atoms with Crippen LogP contribution in [0.1, 0.15) is 40.0 Å². The zero-order valence-corrected chi connectivity index (χ0v) is 12.2. The number of hydrogen-bond donors (Lipinski definition) is 0. The van der Waals surface area contributed by atoms with Gasteiger partial charge in [0.15, 0.2) is 0 Å². The molecule has 4 heteroatoms. The van der Waals surface area contributed by atoms with Crippen LogP contribution in [-0.2, 0) is 13.6 Å². The molecule has 0 amide bonds. The average molecular weight is 256 g/mol. The third-order valence-electron chi connectivity index (χ3n) is 2.41. The normalized spacial score (nSPS) is 17.2. The number of ether oxygens (including phenoxy) is 1. The molecular weight excluding hydrogens is 232 g/mol. The third kappa shape index (κ3) is 3.98. The number of rotatable bonds is 9. The molecule has 98 valence electrons. The highest BCUT2D eigenvalue weighted by atomic mass is 28.4. The lowest BCUT2D eigenvalue weighted by Gasteiger charge is -2.27. The van der Waals surface area contributed by atoms with Crippen LogP contribution in [0.5, 0.6) is 0 Å². The van der Waals surface area contributed by atoms with Crippen LogP contribution in [0.2, 0.25) is 0 Å². The summed E-state index contributed by atoms with van der Waals surface area (Å²) < 4.78 is 17.7. The Labute approximate surface area is 106 Å². The van der Waals surface area contributed by atoms with Crippen LogP contribution in [0.25, 0.3) is 0 Å². The van der Waals surface area contributed by atoms with Gasteiger partial charge in [0.1, 0.15) is 5.38 Å². The largest absolute Gasteiger partial charge is 0.497 e. The minimum absolute atomic E-state index is 0.729. The smallest absolute Gasteiger partial charge is 0.435 e. The summed E-state index contributed by atoms with van der Waals surface area (Å²) in [6, 6.07) is 0. The van der Waals surface area contributed by atoms with Gasteiger partial charge < -0.3 is 13.6 Å². The molecule has 0 aliphatic carbocycles. The van der Waals surface area contributed by atoms with Crippen LogP contribution in [0.3, 0.4) is 0 Å². The summed E-state index contributed by atoms with van der Waals surface area (Å²) in [5.74, 6) is 0. The van der Waals surface area contributed by atoms with Crippen LogP contribution in [0.15, 0.2) is 23.2 Å². The summed E-state index contributed by atoms with van der Waals surface area (Å²) in [7, 11) is -2.38. The molecule has 0 saturated heterocycles. The standard InChI is InChI=1S/C13H24O3Si/c1-4-9-14-13-8-7-12-17(13,15-10-5-2)16-11-6-3/h7-8,12H,4-6,9-11H2,1-3H3. The van der Waals surface area contributed by atoms with E-state index in [2.05, 4.69) is 26.5 Å². The first-order chi connectivity index (χ1) is 8.29. The maximum absolute atomic E-state index is 5.99. The first-order valence-corrected chi connectivity index (χ1v) is 8.49. The topological polar surface area (TPSA) is 27.7 Å². The van der Waals surface area contributed by atoms with Crippen LogP contribution >= 0.6 is 0 Å². The van der Waals surface area contributed by atoms with Crippen molar-refractivity contribution in [1.29, 1.82) is 0 Å². The summed E-state index contributed by atoms with van der Waals surface area (Å²) >= 11 is 0. The van der Waals surface area contributed by atoms with E-state index in [4.69, 9.17) is 13.6 Å². The molecule has 0 bridgehead atoms. The first-order valence-electron chi connectivity index (χ1n) is 6.59. The molecule has 0 N–H and O–H groups in total. The van der Waals surface area contributed by atoms with Gasteiger partial charge in [0.2, 0.25) is 0 Å². The van der Waals surface area contributed by atoms with Crippen molar-refractivity contribution in [1.82, 2.24) is 0 Å². The van der Waals surface area contributed by atoms with Gasteiger partial charge in [0.25, 0.3) is 0 Å². The summed E-state index contributed by atoms with van der Waals surface area (Å²) in [4.78, 5) is 0. The first kappa shape index (κ1) is 14.5. The minimum Gasteiger partial charge on any atom is -0.497 e. The van der Waals surface area contributed by atoms with Gasteiger partial charge >= 0.3 is 8.56 Å². The van der Waals surface area contributed by atoms with Gasteiger partial charge in [0, 0.05) is 13.2 Å². The summed E-state index contributed by atoms with van der Waals surface area (Å²) in [6.45, 7) is 8.51. The summed E-state index contributed by atoms with van der Waals surface area (Å²) in [5, 5.41) is 0.918. The Hall–Kier alpha value is -0.583. The van der Waals surface area contributed by atoms with E-state index in [0.717, 1.165) is 44.5 Å². The molecule has 17 heavy (non-hydrogen) atoms. The van der Waals surface area contributed by atoms with Gasteiger partial charge in [-0.1, -0.05) is 26.8 Å². The summed E-state index contributed by atoms with van der Waals surface area (Å²) in [6.07, 6.45) is 7.00. The Morgan fingerprint density at radius 1 is 0.941 bits per heavy atom. The minimum atomic E-state index is -2.38. The lowest BCUT2D eigenvalue weighted by molar-refractivity contribution is 0.147. The fourth-order valence-corrected chi connectivity index (χ4v) is 4.33. The van der Waals surface area contributed by atoms with E-state index >= 15 is 0 Å². The van der Waals surface area contributed by atoms with Crippen molar-refractivity contribution in [2.45, 2.75) is 40.0 Å². The fraction of sp³-hybridized carbons (Fsp3) is 0.692. The maximum atomic E-state index is 5.99. The third-order valence-corrected chi connectivity index (χ3v) is 5.30. The molecule has 1 rings (SSSR count). The molecule has 0 spiro atoms. The molecule has 0 aromatic rings. The Kier molecular flexibility index (Phi) is 6.55. The lowest BCUT2D eigenvalue weighted by atomic mass is 10.5. The highest BCUT2D eigenvalue weighted by molar-refractivity contribution is 6.80. The van der Waals surface area contributed by atoms with Crippen LogP contribution in [0.4, 0.5) is 0 Å². The van der Waals surface area contributed by atoms with E-state index in [1.54, 1.807) is 0 Å². The van der Waals surface area contributed by atoms with Gasteiger partial charge in [-0.2, -0.15) is 0 Å². The molecule has 0 aromatic carbocycles. The molecule has 1 aliphatic rings. The molecule has 0 saturated carbocycles. The van der Waals surface area contributed by atoms with Crippen molar-refractivity contribution in [3.05, 3.63) is 23.2 Å². The van der Waals surface area contributed by atoms with Gasteiger partial charge in [-0.25, -0.2) is 0 Å². The molecule has 0 unspecified atom stereocenters. The SMILES string of the molecule is CCCOC1=CC=C[Si]1(OCCC)OCCC. The van der Waals surface area contributed by atoms with E-state index in [0.29, 0.717) is 0 Å². The van der Waals surface area contributed by atoms with E-state index < -0.39 is 8.56 Å². The second-order valence-corrected chi connectivity index (χ2v) is 6.84. The van der Waals surface area contributed by atoms with Crippen molar-refractivity contribution in [2.75, 3.05) is 19.8 Å². The number of allylic oxidation sites excluding steroid dienone is 2.